The van der Waals surface area contributed by atoms with E-state index in [-0.39, 0.29) is 19.0 Å². The molecule has 0 bridgehead atoms. The summed E-state index contributed by atoms with van der Waals surface area (Å²) in [6.07, 6.45) is 2.94. The molecule has 0 aliphatic rings. The number of rotatable bonds is 4. The lowest BCUT2D eigenvalue weighted by Gasteiger charge is -2.03. The van der Waals surface area contributed by atoms with E-state index in [2.05, 4.69) is 15.2 Å². The van der Waals surface area contributed by atoms with Crippen LogP contribution in [0.1, 0.15) is 0 Å². The zero-order valence-corrected chi connectivity index (χ0v) is 8.82. The molecule has 0 fully saturated rings. The van der Waals surface area contributed by atoms with Crippen LogP contribution in [-0.2, 0) is 20.9 Å². The molecule has 6 nitrogen and oxygen atoms in total. The molecule has 0 saturated carbocycles. The second-order valence-electron chi connectivity index (χ2n) is 2.71. The quantitative estimate of drug-likeness (QED) is 0.730. The standard InChI is InChI=1S/C8H10ClN3O3/c1-15-8(14)3-10-7(13)5-12-4-6(9)2-11-12/h2,4H,3,5H2,1H3,(H,10,13). The van der Waals surface area contributed by atoms with Crippen molar-refractivity contribution in [3.8, 4) is 0 Å². The van der Waals surface area contributed by atoms with Crippen molar-refractivity contribution in [3.05, 3.63) is 17.4 Å². The molecule has 1 aromatic rings. The zero-order valence-electron chi connectivity index (χ0n) is 8.07. The van der Waals surface area contributed by atoms with E-state index in [9.17, 15) is 9.59 Å². The molecule has 15 heavy (non-hydrogen) atoms. The highest BCUT2D eigenvalue weighted by Crippen LogP contribution is 2.03. The summed E-state index contributed by atoms with van der Waals surface area (Å²) in [5.41, 5.74) is 0. The summed E-state index contributed by atoms with van der Waals surface area (Å²) < 4.78 is 5.73. The van der Waals surface area contributed by atoms with Crippen molar-refractivity contribution < 1.29 is 14.3 Å². The Kier molecular flexibility index (Phi) is 4.11. The number of amides is 1. The number of esters is 1. The van der Waals surface area contributed by atoms with Crippen LogP contribution in [0.4, 0.5) is 0 Å². The minimum Gasteiger partial charge on any atom is -0.468 e. The number of aromatic nitrogens is 2. The first-order chi connectivity index (χ1) is 7.11. The molecule has 0 unspecified atom stereocenters. The predicted molar refractivity (Wildman–Crippen MR) is 52.3 cm³/mol. The van der Waals surface area contributed by atoms with E-state index < -0.39 is 5.97 Å². The summed E-state index contributed by atoms with van der Waals surface area (Å²) in [7, 11) is 1.25. The van der Waals surface area contributed by atoms with Crippen molar-refractivity contribution in [2.24, 2.45) is 0 Å². The lowest BCUT2D eigenvalue weighted by Crippen LogP contribution is -2.32. The van der Waals surface area contributed by atoms with E-state index in [0.717, 1.165) is 0 Å². The van der Waals surface area contributed by atoms with Gasteiger partial charge >= 0.3 is 5.97 Å². The molecule has 0 aliphatic carbocycles. The third-order valence-corrected chi connectivity index (χ3v) is 1.76. The topological polar surface area (TPSA) is 73.2 Å². The van der Waals surface area contributed by atoms with Gasteiger partial charge in [-0.1, -0.05) is 11.6 Å². The molecule has 1 amide bonds. The lowest BCUT2D eigenvalue weighted by molar-refractivity contribution is -0.141. The average Bonchev–Trinajstić information content (AvgIpc) is 2.60. The monoisotopic (exact) mass is 231 g/mol. The van der Waals surface area contributed by atoms with Crippen LogP contribution in [0.2, 0.25) is 5.02 Å². The highest BCUT2D eigenvalue weighted by molar-refractivity contribution is 6.30. The fourth-order valence-electron chi connectivity index (χ4n) is 0.871. The molecule has 1 heterocycles. The number of carbonyl (C=O) groups is 2. The van der Waals surface area contributed by atoms with Crippen LogP contribution in [0.3, 0.4) is 0 Å². The molecule has 0 aromatic carbocycles. The third-order valence-electron chi connectivity index (χ3n) is 1.56. The fraction of sp³-hybridized carbons (Fsp3) is 0.375. The molecule has 7 heteroatoms. The van der Waals surface area contributed by atoms with Gasteiger partial charge < -0.3 is 10.1 Å². The van der Waals surface area contributed by atoms with Gasteiger partial charge in [-0.3, -0.25) is 14.3 Å². The minimum atomic E-state index is -0.498. The molecule has 1 rings (SSSR count). The Balaban J connectivity index is 2.33. The maximum absolute atomic E-state index is 11.2. The Bertz CT molecular complexity index is 364. The number of methoxy groups -OCH3 is 1. The van der Waals surface area contributed by atoms with Gasteiger partial charge in [0, 0.05) is 6.20 Å². The summed E-state index contributed by atoms with van der Waals surface area (Å²) in [4.78, 5) is 21.9. The Labute approximate surface area is 91.2 Å². The van der Waals surface area contributed by atoms with Gasteiger partial charge in [-0.15, -0.1) is 0 Å². The van der Waals surface area contributed by atoms with Gasteiger partial charge in [0.15, 0.2) is 0 Å². The molecule has 1 N–H and O–H groups in total. The molecule has 0 saturated heterocycles. The van der Waals surface area contributed by atoms with E-state index in [1.807, 2.05) is 0 Å². The Morgan fingerprint density at radius 3 is 2.93 bits per heavy atom. The molecule has 1 aromatic heterocycles. The molecule has 0 aliphatic heterocycles. The first kappa shape index (κ1) is 11.5. The number of hydrogen-bond donors (Lipinski definition) is 1. The van der Waals surface area contributed by atoms with Crippen LogP contribution in [0.25, 0.3) is 0 Å². The second kappa shape index (κ2) is 5.35. The Morgan fingerprint density at radius 2 is 2.40 bits per heavy atom. The normalized spacial score (nSPS) is 9.73. The SMILES string of the molecule is COC(=O)CNC(=O)Cn1cc(Cl)cn1. The van der Waals surface area contributed by atoms with Crippen molar-refractivity contribution in [2.75, 3.05) is 13.7 Å². The van der Waals surface area contributed by atoms with E-state index in [4.69, 9.17) is 11.6 Å². The van der Waals surface area contributed by atoms with Crippen LogP contribution >= 0.6 is 11.6 Å². The van der Waals surface area contributed by atoms with E-state index in [1.54, 1.807) is 0 Å². The van der Waals surface area contributed by atoms with Gasteiger partial charge in [-0.25, -0.2) is 0 Å². The van der Waals surface area contributed by atoms with Gasteiger partial charge in [0.1, 0.15) is 13.1 Å². The largest absolute Gasteiger partial charge is 0.468 e. The van der Waals surface area contributed by atoms with Crippen LogP contribution in [0.15, 0.2) is 12.4 Å². The second-order valence-corrected chi connectivity index (χ2v) is 3.15. The van der Waals surface area contributed by atoms with Crippen molar-refractivity contribution in [2.45, 2.75) is 6.54 Å². The summed E-state index contributed by atoms with van der Waals surface area (Å²) in [6.45, 7) is -0.131. The van der Waals surface area contributed by atoms with Crippen LogP contribution in [0, 0.1) is 0 Å². The average molecular weight is 232 g/mol. The van der Waals surface area contributed by atoms with Crippen molar-refractivity contribution in [3.63, 3.8) is 0 Å². The van der Waals surface area contributed by atoms with E-state index >= 15 is 0 Å². The molecular weight excluding hydrogens is 222 g/mol. The highest BCUT2D eigenvalue weighted by Gasteiger charge is 2.06. The molecule has 0 atom stereocenters. The Morgan fingerprint density at radius 1 is 1.67 bits per heavy atom. The summed E-state index contributed by atoms with van der Waals surface area (Å²) in [5, 5.41) is 6.64. The van der Waals surface area contributed by atoms with Crippen molar-refractivity contribution in [1.29, 1.82) is 0 Å². The Hall–Kier alpha value is -1.56. The minimum absolute atomic E-state index is 0.0176. The third kappa shape index (κ3) is 3.99. The smallest absolute Gasteiger partial charge is 0.325 e. The molecular formula is C8H10ClN3O3. The number of hydrogen-bond acceptors (Lipinski definition) is 4. The van der Waals surface area contributed by atoms with E-state index in [1.165, 1.54) is 24.2 Å². The maximum atomic E-state index is 11.2. The van der Waals surface area contributed by atoms with E-state index in [0.29, 0.717) is 5.02 Å². The molecule has 0 spiro atoms. The summed E-state index contributed by atoms with van der Waals surface area (Å²) >= 11 is 5.60. The maximum Gasteiger partial charge on any atom is 0.325 e. The fourth-order valence-corrected chi connectivity index (χ4v) is 1.03. The predicted octanol–water partition coefficient (Wildman–Crippen LogP) is -0.174. The number of ether oxygens (including phenoxy) is 1. The van der Waals surface area contributed by atoms with Crippen LogP contribution in [-0.4, -0.2) is 35.3 Å². The van der Waals surface area contributed by atoms with Gasteiger partial charge in [0.05, 0.1) is 18.3 Å². The number of halogens is 1. The molecule has 0 radical (unpaired) electrons. The first-order valence-corrected chi connectivity index (χ1v) is 4.51. The number of nitrogens with zero attached hydrogens (tertiary/aromatic N) is 2. The lowest BCUT2D eigenvalue weighted by atomic mass is 10.5. The van der Waals surface area contributed by atoms with Gasteiger partial charge in [-0.05, 0) is 0 Å². The first-order valence-electron chi connectivity index (χ1n) is 4.13. The van der Waals surface area contributed by atoms with Crippen LogP contribution < -0.4 is 5.32 Å². The number of carbonyl (C=O) groups excluding carboxylic acids is 2. The van der Waals surface area contributed by atoms with Gasteiger partial charge in [0.2, 0.25) is 5.91 Å². The number of nitrogens with one attached hydrogen (secondary N) is 1. The van der Waals surface area contributed by atoms with Crippen molar-refractivity contribution in [1.82, 2.24) is 15.1 Å². The van der Waals surface area contributed by atoms with Gasteiger partial charge in [0.25, 0.3) is 0 Å². The zero-order chi connectivity index (χ0) is 11.3. The summed E-state index contributed by atoms with van der Waals surface area (Å²) in [6, 6.07) is 0. The summed E-state index contributed by atoms with van der Waals surface area (Å²) in [5.74, 6) is -0.831. The highest BCUT2D eigenvalue weighted by atomic mass is 35.5. The molecule has 82 valence electrons. The van der Waals surface area contributed by atoms with Crippen LogP contribution in [0.5, 0.6) is 0 Å². The van der Waals surface area contributed by atoms with Gasteiger partial charge in [-0.2, -0.15) is 5.10 Å². The van der Waals surface area contributed by atoms with Crippen molar-refractivity contribution >= 4 is 23.5 Å².